The highest BCUT2D eigenvalue weighted by molar-refractivity contribution is 7.91. The average Bonchev–Trinajstić information content (AvgIpc) is 2.81. The SMILES string of the molecule is CCNCc1sc(S(=O)(=O)NC2CCN(C)CC2)cc1C. The first-order valence-electron chi connectivity index (χ1n) is 7.43. The zero-order valence-electron chi connectivity index (χ0n) is 13.0. The molecule has 1 aromatic rings. The van der Waals surface area contributed by atoms with Crippen molar-refractivity contribution in [2.24, 2.45) is 0 Å². The molecule has 0 radical (unpaired) electrons. The van der Waals surface area contributed by atoms with E-state index in [1.165, 1.54) is 11.3 Å². The highest BCUT2D eigenvalue weighted by atomic mass is 32.2. The normalized spacial score (nSPS) is 18.2. The Balaban J connectivity index is 2.05. The lowest BCUT2D eigenvalue weighted by Gasteiger charge is -2.29. The van der Waals surface area contributed by atoms with E-state index in [9.17, 15) is 8.42 Å². The van der Waals surface area contributed by atoms with Crippen molar-refractivity contribution in [3.63, 3.8) is 0 Å². The summed E-state index contributed by atoms with van der Waals surface area (Å²) in [6.45, 7) is 7.52. The third kappa shape index (κ3) is 4.50. The van der Waals surface area contributed by atoms with E-state index in [0.29, 0.717) is 4.21 Å². The number of thiophene rings is 1. The molecule has 0 unspecified atom stereocenters. The molecule has 0 spiro atoms. The number of hydrogen-bond donors (Lipinski definition) is 2. The predicted octanol–water partition coefficient (Wildman–Crippen LogP) is 1.54. The average molecular weight is 332 g/mol. The molecule has 1 aliphatic rings. The molecule has 0 aliphatic carbocycles. The maximum atomic E-state index is 12.5. The van der Waals surface area contributed by atoms with Crippen LogP contribution in [0.5, 0.6) is 0 Å². The number of nitrogens with one attached hydrogen (secondary N) is 2. The number of hydrogen-bond acceptors (Lipinski definition) is 5. The molecule has 5 nitrogen and oxygen atoms in total. The summed E-state index contributed by atoms with van der Waals surface area (Å²) >= 11 is 1.37. The molecule has 1 aliphatic heterocycles. The van der Waals surface area contributed by atoms with Gasteiger partial charge in [0.1, 0.15) is 4.21 Å². The molecule has 2 heterocycles. The van der Waals surface area contributed by atoms with Crippen LogP contribution in [0.25, 0.3) is 0 Å². The molecule has 1 fully saturated rings. The van der Waals surface area contributed by atoms with Gasteiger partial charge in [0.2, 0.25) is 10.0 Å². The minimum Gasteiger partial charge on any atom is -0.312 e. The third-order valence-corrected chi connectivity index (χ3v) is 7.07. The monoisotopic (exact) mass is 331 g/mol. The van der Waals surface area contributed by atoms with Gasteiger partial charge < -0.3 is 10.2 Å². The molecule has 1 aromatic heterocycles. The summed E-state index contributed by atoms with van der Waals surface area (Å²) in [5, 5.41) is 3.25. The third-order valence-electron chi connectivity index (χ3n) is 3.84. The minimum absolute atomic E-state index is 0.0609. The van der Waals surface area contributed by atoms with Gasteiger partial charge in [0.25, 0.3) is 0 Å². The largest absolute Gasteiger partial charge is 0.312 e. The van der Waals surface area contributed by atoms with Gasteiger partial charge in [-0.2, -0.15) is 0 Å². The molecule has 0 amide bonds. The summed E-state index contributed by atoms with van der Waals surface area (Å²) in [5.41, 5.74) is 1.05. The van der Waals surface area contributed by atoms with Crippen molar-refractivity contribution < 1.29 is 8.42 Å². The zero-order chi connectivity index (χ0) is 15.5. The molecule has 0 bridgehead atoms. The van der Waals surface area contributed by atoms with Gasteiger partial charge in [0.15, 0.2) is 0 Å². The maximum absolute atomic E-state index is 12.5. The van der Waals surface area contributed by atoms with E-state index in [0.717, 1.165) is 49.5 Å². The standard InChI is InChI=1S/C14H25N3O2S2/c1-4-15-10-13-11(2)9-14(20-13)21(18,19)16-12-5-7-17(3)8-6-12/h9,12,15-16H,4-8,10H2,1-3H3. The predicted molar refractivity (Wildman–Crippen MR) is 87.3 cm³/mol. The highest BCUT2D eigenvalue weighted by Crippen LogP contribution is 2.26. The second-order valence-corrected chi connectivity index (χ2v) is 8.73. The summed E-state index contributed by atoms with van der Waals surface area (Å²) in [5.74, 6) is 0. The van der Waals surface area contributed by atoms with E-state index in [1.807, 2.05) is 13.8 Å². The lowest BCUT2D eigenvalue weighted by Crippen LogP contribution is -2.43. The number of piperidine rings is 1. The molecule has 21 heavy (non-hydrogen) atoms. The van der Waals surface area contributed by atoms with Gasteiger partial charge in [-0.25, -0.2) is 13.1 Å². The van der Waals surface area contributed by atoms with Crippen LogP contribution in [0, 0.1) is 6.92 Å². The van der Waals surface area contributed by atoms with Crippen LogP contribution in [-0.4, -0.2) is 46.0 Å². The Bertz CT molecular complexity index is 561. The van der Waals surface area contributed by atoms with Crippen LogP contribution in [0.3, 0.4) is 0 Å². The number of rotatable bonds is 6. The van der Waals surface area contributed by atoms with E-state index >= 15 is 0 Å². The molecule has 7 heteroatoms. The van der Waals surface area contributed by atoms with Crippen LogP contribution in [0.15, 0.2) is 10.3 Å². The molecule has 1 saturated heterocycles. The summed E-state index contributed by atoms with van der Waals surface area (Å²) in [4.78, 5) is 3.33. The van der Waals surface area contributed by atoms with Gasteiger partial charge in [-0.3, -0.25) is 0 Å². The Morgan fingerprint density at radius 1 is 1.38 bits per heavy atom. The van der Waals surface area contributed by atoms with Gasteiger partial charge >= 0.3 is 0 Å². The Morgan fingerprint density at radius 2 is 2.05 bits per heavy atom. The molecular formula is C14H25N3O2S2. The van der Waals surface area contributed by atoms with Crippen molar-refractivity contribution in [2.45, 2.75) is 43.5 Å². The smallest absolute Gasteiger partial charge is 0.250 e. The topological polar surface area (TPSA) is 61.4 Å². The Hall–Kier alpha value is -0.470. The molecule has 120 valence electrons. The van der Waals surface area contributed by atoms with Crippen molar-refractivity contribution in [3.05, 3.63) is 16.5 Å². The second kappa shape index (κ2) is 7.19. The first-order valence-corrected chi connectivity index (χ1v) is 9.73. The summed E-state index contributed by atoms with van der Waals surface area (Å²) in [6.07, 6.45) is 1.76. The molecule has 0 saturated carbocycles. The summed E-state index contributed by atoms with van der Waals surface area (Å²) in [6, 6.07) is 1.85. The van der Waals surface area contributed by atoms with E-state index in [-0.39, 0.29) is 6.04 Å². The van der Waals surface area contributed by atoms with E-state index in [4.69, 9.17) is 0 Å². The fraction of sp³-hybridized carbons (Fsp3) is 0.714. The minimum atomic E-state index is -3.38. The van der Waals surface area contributed by atoms with Gasteiger partial charge in [0.05, 0.1) is 0 Å². The van der Waals surface area contributed by atoms with Crippen LogP contribution in [0.4, 0.5) is 0 Å². The van der Waals surface area contributed by atoms with E-state index in [1.54, 1.807) is 6.07 Å². The van der Waals surface area contributed by atoms with Gasteiger partial charge in [0, 0.05) is 17.5 Å². The van der Waals surface area contributed by atoms with Gasteiger partial charge in [-0.15, -0.1) is 11.3 Å². The van der Waals surface area contributed by atoms with E-state index in [2.05, 4.69) is 22.0 Å². The summed E-state index contributed by atoms with van der Waals surface area (Å²) < 4.78 is 28.3. The fourth-order valence-electron chi connectivity index (χ4n) is 2.44. The van der Waals surface area contributed by atoms with Crippen molar-refractivity contribution in [1.29, 1.82) is 0 Å². The highest BCUT2D eigenvalue weighted by Gasteiger charge is 2.25. The lowest BCUT2D eigenvalue weighted by atomic mass is 10.1. The van der Waals surface area contributed by atoms with Crippen molar-refractivity contribution >= 4 is 21.4 Å². The van der Waals surface area contributed by atoms with Gasteiger partial charge in [-0.1, -0.05) is 6.92 Å². The molecule has 2 N–H and O–H groups in total. The number of aryl methyl sites for hydroxylation is 1. The van der Waals surface area contributed by atoms with Crippen molar-refractivity contribution in [2.75, 3.05) is 26.7 Å². The Labute approximate surface area is 131 Å². The van der Waals surface area contributed by atoms with Crippen LogP contribution in [0.2, 0.25) is 0 Å². The molecule has 2 rings (SSSR count). The lowest BCUT2D eigenvalue weighted by molar-refractivity contribution is 0.248. The van der Waals surface area contributed by atoms with Crippen LogP contribution in [0.1, 0.15) is 30.2 Å². The number of nitrogens with zero attached hydrogens (tertiary/aromatic N) is 1. The molecular weight excluding hydrogens is 306 g/mol. The molecule has 0 atom stereocenters. The number of likely N-dealkylation sites (tertiary alicyclic amines) is 1. The quantitative estimate of drug-likeness (QED) is 0.830. The van der Waals surface area contributed by atoms with Gasteiger partial charge in [-0.05, 0) is 58.1 Å². The first-order chi connectivity index (χ1) is 9.92. The van der Waals surface area contributed by atoms with Crippen LogP contribution >= 0.6 is 11.3 Å². The fourth-order valence-corrected chi connectivity index (χ4v) is 5.32. The summed E-state index contributed by atoms with van der Waals surface area (Å²) in [7, 11) is -1.31. The zero-order valence-corrected chi connectivity index (χ0v) is 14.6. The van der Waals surface area contributed by atoms with Crippen LogP contribution < -0.4 is 10.0 Å². The number of sulfonamides is 1. The first kappa shape index (κ1) is 16.9. The Kier molecular flexibility index (Phi) is 5.79. The molecule has 0 aromatic carbocycles. The van der Waals surface area contributed by atoms with Crippen molar-refractivity contribution in [3.8, 4) is 0 Å². The van der Waals surface area contributed by atoms with Crippen molar-refractivity contribution in [1.82, 2.24) is 14.9 Å². The second-order valence-electron chi connectivity index (χ2n) is 5.65. The Morgan fingerprint density at radius 3 is 2.67 bits per heavy atom. The van der Waals surface area contributed by atoms with E-state index < -0.39 is 10.0 Å². The maximum Gasteiger partial charge on any atom is 0.250 e. The van der Waals surface area contributed by atoms with Crippen LogP contribution in [-0.2, 0) is 16.6 Å².